The molecule has 1 aromatic carbocycles. The van der Waals surface area contributed by atoms with Crippen LogP contribution in [0.1, 0.15) is 5.56 Å². The molecule has 6 heteroatoms. The second-order valence-electron chi connectivity index (χ2n) is 3.09. The summed E-state index contributed by atoms with van der Waals surface area (Å²) in [4.78, 5) is 10.7. The van der Waals surface area contributed by atoms with Crippen molar-refractivity contribution in [1.29, 1.82) is 0 Å². The fourth-order valence-electron chi connectivity index (χ4n) is 1.10. The highest BCUT2D eigenvalue weighted by Gasteiger charge is 2.38. The van der Waals surface area contributed by atoms with Crippen LogP contribution in [0, 0.1) is 0 Å². The lowest BCUT2D eigenvalue weighted by atomic mass is 10.1. The smallest absolute Gasteiger partial charge is 0.450 e. The molecular formula is C10H9F3O3. The number of phenols is 1. The van der Waals surface area contributed by atoms with Gasteiger partial charge >= 0.3 is 6.18 Å². The molecule has 0 unspecified atom stereocenters. The molecule has 1 N–H and O–H groups in total. The van der Waals surface area contributed by atoms with Crippen molar-refractivity contribution in [3.8, 4) is 11.5 Å². The third-order valence-electron chi connectivity index (χ3n) is 1.95. The first-order valence-corrected chi connectivity index (χ1v) is 4.30. The highest BCUT2D eigenvalue weighted by Crippen LogP contribution is 2.26. The number of rotatable bonds is 3. The summed E-state index contributed by atoms with van der Waals surface area (Å²) in [5, 5.41) is 9.27. The third-order valence-corrected chi connectivity index (χ3v) is 1.95. The van der Waals surface area contributed by atoms with Crippen molar-refractivity contribution in [1.82, 2.24) is 0 Å². The van der Waals surface area contributed by atoms with Gasteiger partial charge in [-0.25, -0.2) is 0 Å². The molecule has 0 atom stereocenters. The number of alkyl halides is 3. The van der Waals surface area contributed by atoms with Crippen molar-refractivity contribution in [2.24, 2.45) is 0 Å². The van der Waals surface area contributed by atoms with E-state index in [1.165, 1.54) is 25.3 Å². The summed E-state index contributed by atoms with van der Waals surface area (Å²) in [7, 11) is 1.34. The van der Waals surface area contributed by atoms with E-state index >= 15 is 0 Å². The molecule has 0 aliphatic rings. The lowest BCUT2D eigenvalue weighted by Crippen LogP contribution is -2.24. The lowest BCUT2D eigenvalue weighted by molar-refractivity contribution is -0.170. The van der Waals surface area contributed by atoms with Crippen molar-refractivity contribution < 1.29 is 27.8 Å². The molecule has 0 saturated carbocycles. The van der Waals surface area contributed by atoms with Gasteiger partial charge in [0, 0.05) is 12.0 Å². The normalized spacial score (nSPS) is 11.2. The zero-order valence-corrected chi connectivity index (χ0v) is 8.34. The molecule has 1 rings (SSSR count). The molecule has 0 saturated heterocycles. The molecule has 0 bridgehead atoms. The van der Waals surface area contributed by atoms with Gasteiger partial charge in [-0.3, -0.25) is 4.79 Å². The number of ether oxygens (including phenoxy) is 1. The van der Waals surface area contributed by atoms with Crippen molar-refractivity contribution in [3.63, 3.8) is 0 Å². The van der Waals surface area contributed by atoms with Gasteiger partial charge in [-0.05, 0) is 18.2 Å². The predicted octanol–water partition coefficient (Wildman–Crippen LogP) is 2.07. The highest BCUT2D eigenvalue weighted by molar-refractivity contribution is 5.86. The Labute approximate surface area is 89.5 Å². The number of phenolic OH excluding ortho intramolecular Hbond substituents is 1. The molecular weight excluding hydrogens is 225 g/mol. The summed E-state index contributed by atoms with van der Waals surface area (Å²) in [6.07, 6.45) is -5.79. The summed E-state index contributed by atoms with van der Waals surface area (Å²) in [6, 6.07) is 3.76. The zero-order chi connectivity index (χ0) is 12.3. The van der Waals surface area contributed by atoms with Gasteiger partial charge in [0.25, 0.3) is 0 Å². The van der Waals surface area contributed by atoms with Crippen molar-refractivity contribution in [3.05, 3.63) is 23.8 Å². The summed E-state index contributed by atoms with van der Waals surface area (Å²) in [5.41, 5.74) is -0.110. The van der Waals surface area contributed by atoms with Crippen molar-refractivity contribution >= 4 is 5.78 Å². The molecule has 0 heterocycles. The Morgan fingerprint density at radius 3 is 2.56 bits per heavy atom. The summed E-state index contributed by atoms with van der Waals surface area (Å²) in [6.45, 7) is 0. The Hall–Kier alpha value is -1.72. The Bertz CT molecular complexity index is 399. The number of carbonyl (C=O) groups is 1. The van der Waals surface area contributed by atoms with Gasteiger partial charge in [0.15, 0.2) is 0 Å². The minimum atomic E-state index is -4.89. The van der Waals surface area contributed by atoms with Crippen LogP contribution in [0.2, 0.25) is 0 Å². The molecule has 0 aliphatic carbocycles. The molecule has 1 aromatic rings. The van der Waals surface area contributed by atoms with Crippen LogP contribution in [0.15, 0.2) is 18.2 Å². The van der Waals surface area contributed by atoms with Crippen LogP contribution in [0.5, 0.6) is 11.5 Å². The first kappa shape index (κ1) is 12.4. The summed E-state index contributed by atoms with van der Waals surface area (Å²) < 4.78 is 40.7. The van der Waals surface area contributed by atoms with Crippen LogP contribution in [0.4, 0.5) is 13.2 Å². The van der Waals surface area contributed by atoms with E-state index < -0.39 is 18.4 Å². The van der Waals surface area contributed by atoms with E-state index in [0.29, 0.717) is 0 Å². The van der Waals surface area contributed by atoms with Gasteiger partial charge in [-0.15, -0.1) is 0 Å². The molecule has 0 amide bonds. The number of benzene rings is 1. The summed E-state index contributed by atoms with van der Waals surface area (Å²) in [5.74, 6) is -1.99. The number of hydrogen-bond acceptors (Lipinski definition) is 3. The fourth-order valence-corrected chi connectivity index (χ4v) is 1.10. The van der Waals surface area contributed by atoms with E-state index in [9.17, 15) is 23.1 Å². The van der Waals surface area contributed by atoms with Gasteiger partial charge in [-0.1, -0.05) is 0 Å². The van der Waals surface area contributed by atoms with E-state index in [-0.39, 0.29) is 17.1 Å². The maximum Gasteiger partial charge on any atom is 0.450 e. The quantitative estimate of drug-likeness (QED) is 0.870. The molecule has 3 nitrogen and oxygen atoms in total. The highest BCUT2D eigenvalue weighted by atomic mass is 19.4. The van der Waals surface area contributed by atoms with E-state index in [1.54, 1.807) is 0 Å². The standard InChI is InChI=1S/C10H9F3O3/c1-16-7-2-3-8(14)6(4-7)5-9(15)10(11,12)13/h2-4,14H,5H2,1H3. The molecule has 0 spiro atoms. The Kier molecular flexibility index (Phi) is 3.41. The van der Waals surface area contributed by atoms with Crippen LogP contribution in [-0.2, 0) is 11.2 Å². The Morgan fingerprint density at radius 1 is 1.44 bits per heavy atom. The Balaban J connectivity index is 2.92. The number of aromatic hydroxyl groups is 1. The first-order valence-electron chi connectivity index (χ1n) is 4.30. The molecule has 16 heavy (non-hydrogen) atoms. The summed E-state index contributed by atoms with van der Waals surface area (Å²) >= 11 is 0. The average molecular weight is 234 g/mol. The van der Waals surface area contributed by atoms with Gasteiger partial charge in [0.05, 0.1) is 7.11 Å². The number of halogens is 3. The molecule has 0 radical (unpaired) electrons. The third kappa shape index (κ3) is 2.88. The minimum absolute atomic E-state index is 0.110. The van der Waals surface area contributed by atoms with Gasteiger partial charge < -0.3 is 9.84 Å². The number of ketones is 1. The average Bonchev–Trinajstić information content (AvgIpc) is 2.19. The molecule has 0 aliphatic heterocycles. The molecule has 0 aromatic heterocycles. The van der Waals surface area contributed by atoms with E-state index in [2.05, 4.69) is 0 Å². The second kappa shape index (κ2) is 4.42. The van der Waals surface area contributed by atoms with Crippen LogP contribution < -0.4 is 4.74 Å². The number of carbonyl (C=O) groups excluding carboxylic acids is 1. The predicted molar refractivity (Wildman–Crippen MR) is 49.4 cm³/mol. The van der Waals surface area contributed by atoms with E-state index in [4.69, 9.17) is 4.74 Å². The van der Waals surface area contributed by atoms with Gasteiger partial charge in [0.2, 0.25) is 5.78 Å². The fraction of sp³-hybridized carbons (Fsp3) is 0.300. The Morgan fingerprint density at radius 2 is 2.06 bits per heavy atom. The molecule has 88 valence electrons. The zero-order valence-electron chi connectivity index (χ0n) is 8.34. The van der Waals surface area contributed by atoms with Crippen LogP contribution in [-0.4, -0.2) is 24.2 Å². The van der Waals surface area contributed by atoms with Crippen LogP contribution in [0.25, 0.3) is 0 Å². The maximum absolute atomic E-state index is 12.0. The van der Waals surface area contributed by atoms with E-state index in [1.807, 2.05) is 0 Å². The topological polar surface area (TPSA) is 46.5 Å². The van der Waals surface area contributed by atoms with Crippen molar-refractivity contribution in [2.45, 2.75) is 12.6 Å². The lowest BCUT2D eigenvalue weighted by Gasteiger charge is -2.08. The second-order valence-corrected chi connectivity index (χ2v) is 3.09. The number of Topliss-reactive ketones (excluding diaryl/α,β-unsaturated/α-hetero) is 1. The van der Waals surface area contributed by atoms with E-state index in [0.717, 1.165) is 0 Å². The number of hydrogen-bond donors (Lipinski definition) is 1. The SMILES string of the molecule is COc1ccc(O)c(CC(=O)C(F)(F)F)c1. The monoisotopic (exact) mass is 234 g/mol. The van der Waals surface area contributed by atoms with Gasteiger partial charge in [0.1, 0.15) is 11.5 Å². The largest absolute Gasteiger partial charge is 0.508 e. The van der Waals surface area contributed by atoms with Crippen LogP contribution in [0.3, 0.4) is 0 Å². The first-order chi connectivity index (χ1) is 7.34. The van der Waals surface area contributed by atoms with Gasteiger partial charge in [-0.2, -0.15) is 13.2 Å². The van der Waals surface area contributed by atoms with Crippen molar-refractivity contribution in [2.75, 3.05) is 7.11 Å². The van der Waals surface area contributed by atoms with Crippen LogP contribution >= 0.6 is 0 Å². The molecule has 0 fully saturated rings. The number of methoxy groups -OCH3 is 1. The maximum atomic E-state index is 12.0. The minimum Gasteiger partial charge on any atom is -0.508 e.